The van der Waals surface area contributed by atoms with Crippen molar-refractivity contribution in [2.24, 2.45) is 5.10 Å². The van der Waals surface area contributed by atoms with Gasteiger partial charge >= 0.3 is 0 Å². The Morgan fingerprint density at radius 1 is 1.58 bits per heavy atom. The van der Waals surface area contributed by atoms with Gasteiger partial charge in [-0.05, 0) is 20.3 Å². The highest BCUT2D eigenvalue weighted by atomic mass is 35.5. The second-order valence-electron chi connectivity index (χ2n) is 3.25. The zero-order valence-electron chi connectivity index (χ0n) is 7.87. The molecule has 0 spiro atoms. The van der Waals surface area contributed by atoms with Crippen molar-refractivity contribution in [3.63, 3.8) is 0 Å². The lowest BCUT2D eigenvalue weighted by Gasteiger charge is -2.27. The van der Waals surface area contributed by atoms with Gasteiger partial charge in [0.25, 0.3) is 0 Å². The molecule has 1 heterocycles. The Kier molecular flexibility index (Phi) is 3.20. The second kappa shape index (κ2) is 3.99. The summed E-state index contributed by atoms with van der Waals surface area (Å²) in [6.45, 7) is 7.26. The first-order valence-electron chi connectivity index (χ1n) is 4.39. The number of alkyl halides is 1. The first kappa shape index (κ1) is 9.65. The van der Waals surface area contributed by atoms with Crippen LogP contribution in [0.2, 0.25) is 0 Å². The molecule has 0 radical (unpaired) electrons. The molecular formula is C8H16ClN3. The summed E-state index contributed by atoms with van der Waals surface area (Å²) in [5.41, 5.74) is -0.0926. The summed E-state index contributed by atoms with van der Waals surface area (Å²) < 4.78 is 0. The quantitative estimate of drug-likeness (QED) is 0.499. The number of nitrogens with zero attached hydrogens (tertiary/aromatic N) is 3. The molecule has 1 aliphatic rings. The normalized spacial score (nSPS) is 22.9. The zero-order valence-corrected chi connectivity index (χ0v) is 8.62. The smallest absolute Gasteiger partial charge is 0.196 e. The minimum Gasteiger partial charge on any atom is -0.324 e. The molecule has 0 saturated heterocycles. The van der Waals surface area contributed by atoms with E-state index < -0.39 is 0 Å². The standard InChI is InChI=1S/C8H16ClN3/c1-4-5-12-8(9)11(6-10-12)7(2)3/h6-8H,4-5H2,1-3H3. The molecule has 0 amide bonds. The van der Waals surface area contributed by atoms with E-state index in [1.165, 1.54) is 0 Å². The second-order valence-corrected chi connectivity index (χ2v) is 3.64. The molecule has 0 fully saturated rings. The largest absolute Gasteiger partial charge is 0.324 e. The van der Waals surface area contributed by atoms with Crippen LogP contribution >= 0.6 is 11.6 Å². The highest BCUT2D eigenvalue weighted by molar-refractivity contribution is 6.21. The average Bonchev–Trinajstić information content (AvgIpc) is 2.34. The molecule has 0 aliphatic carbocycles. The molecule has 3 nitrogen and oxygen atoms in total. The van der Waals surface area contributed by atoms with Crippen molar-refractivity contribution in [1.82, 2.24) is 9.91 Å². The van der Waals surface area contributed by atoms with Crippen molar-refractivity contribution in [1.29, 1.82) is 0 Å². The van der Waals surface area contributed by atoms with Gasteiger partial charge in [-0.2, -0.15) is 5.10 Å². The van der Waals surface area contributed by atoms with Crippen molar-refractivity contribution >= 4 is 17.9 Å². The lowest BCUT2D eigenvalue weighted by atomic mass is 10.4. The number of rotatable bonds is 3. The molecule has 4 heteroatoms. The highest BCUT2D eigenvalue weighted by Crippen LogP contribution is 2.18. The SMILES string of the molecule is CCCN1N=CN(C(C)C)C1Cl. The van der Waals surface area contributed by atoms with E-state index >= 15 is 0 Å². The van der Waals surface area contributed by atoms with E-state index in [9.17, 15) is 0 Å². The number of hydrazone groups is 1. The summed E-state index contributed by atoms with van der Waals surface area (Å²) in [6, 6.07) is 0.415. The van der Waals surface area contributed by atoms with Crippen LogP contribution in [-0.2, 0) is 0 Å². The van der Waals surface area contributed by atoms with Gasteiger partial charge in [-0.25, -0.2) is 0 Å². The Morgan fingerprint density at radius 2 is 2.25 bits per heavy atom. The van der Waals surface area contributed by atoms with E-state index in [1.807, 2.05) is 16.2 Å². The molecule has 1 rings (SSSR count). The van der Waals surface area contributed by atoms with E-state index in [1.54, 1.807) is 0 Å². The molecular weight excluding hydrogens is 174 g/mol. The fourth-order valence-electron chi connectivity index (χ4n) is 1.16. The summed E-state index contributed by atoms with van der Waals surface area (Å²) in [7, 11) is 0. The van der Waals surface area contributed by atoms with Crippen LogP contribution in [-0.4, -0.2) is 34.5 Å². The monoisotopic (exact) mass is 189 g/mol. The molecule has 0 N–H and O–H groups in total. The van der Waals surface area contributed by atoms with Gasteiger partial charge in [0.15, 0.2) is 5.62 Å². The third-order valence-electron chi connectivity index (χ3n) is 1.87. The third-order valence-corrected chi connectivity index (χ3v) is 2.32. The Labute approximate surface area is 79.0 Å². The van der Waals surface area contributed by atoms with Crippen LogP contribution in [0.5, 0.6) is 0 Å². The van der Waals surface area contributed by atoms with Gasteiger partial charge < -0.3 is 4.90 Å². The third kappa shape index (κ3) is 1.83. The van der Waals surface area contributed by atoms with Crippen LogP contribution < -0.4 is 0 Å². The van der Waals surface area contributed by atoms with E-state index in [-0.39, 0.29) is 5.62 Å². The maximum absolute atomic E-state index is 6.14. The Balaban J connectivity index is 2.50. The minimum absolute atomic E-state index is 0.0926. The maximum atomic E-state index is 6.14. The summed E-state index contributed by atoms with van der Waals surface area (Å²) in [6.07, 6.45) is 2.89. The molecule has 1 atom stereocenters. The maximum Gasteiger partial charge on any atom is 0.196 e. The van der Waals surface area contributed by atoms with E-state index in [0.29, 0.717) is 6.04 Å². The topological polar surface area (TPSA) is 18.8 Å². The minimum atomic E-state index is -0.0926. The van der Waals surface area contributed by atoms with Gasteiger partial charge in [0.2, 0.25) is 0 Å². The molecule has 0 saturated carbocycles. The summed E-state index contributed by atoms with van der Waals surface area (Å²) in [5, 5.41) is 6.12. The van der Waals surface area contributed by atoms with Crippen molar-refractivity contribution in [2.45, 2.75) is 38.9 Å². The summed E-state index contributed by atoms with van der Waals surface area (Å²) >= 11 is 6.14. The first-order valence-corrected chi connectivity index (χ1v) is 4.82. The van der Waals surface area contributed by atoms with E-state index in [0.717, 1.165) is 13.0 Å². The molecule has 0 aromatic carbocycles. The fraction of sp³-hybridized carbons (Fsp3) is 0.875. The Morgan fingerprint density at radius 3 is 2.67 bits per heavy atom. The number of hydrogen-bond donors (Lipinski definition) is 0. The lowest BCUT2D eigenvalue weighted by Crippen LogP contribution is -2.39. The van der Waals surface area contributed by atoms with Crippen LogP contribution in [0.1, 0.15) is 27.2 Å². The Hall–Kier alpha value is -0.440. The molecule has 1 aliphatic heterocycles. The summed E-state index contributed by atoms with van der Waals surface area (Å²) in [4.78, 5) is 2.04. The van der Waals surface area contributed by atoms with Crippen molar-refractivity contribution in [3.05, 3.63) is 0 Å². The van der Waals surface area contributed by atoms with Crippen molar-refractivity contribution in [3.8, 4) is 0 Å². The number of hydrogen-bond acceptors (Lipinski definition) is 3. The molecule has 12 heavy (non-hydrogen) atoms. The van der Waals surface area contributed by atoms with Gasteiger partial charge in [0.1, 0.15) is 6.34 Å². The molecule has 0 aromatic rings. The summed E-state index contributed by atoms with van der Waals surface area (Å²) in [5.74, 6) is 0. The average molecular weight is 190 g/mol. The predicted molar refractivity (Wildman–Crippen MR) is 52.1 cm³/mol. The lowest BCUT2D eigenvalue weighted by molar-refractivity contribution is 0.179. The van der Waals surface area contributed by atoms with Crippen LogP contribution in [0.25, 0.3) is 0 Å². The zero-order chi connectivity index (χ0) is 9.14. The predicted octanol–water partition coefficient (Wildman–Crippen LogP) is 1.89. The van der Waals surface area contributed by atoms with E-state index in [4.69, 9.17) is 11.6 Å². The number of halogens is 1. The van der Waals surface area contributed by atoms with Crippen LogP contribution in [0.15, 0.2) is 5.10 Å². The van der Waals surface area contributed by atoms with Gasteiger partial charge in [-0.3, -0.25) is 5.01 Å². The fourth-order valence-corrected chi connectivity index (χ4v) is 1.59. The molecule has 0 aromatic heterocycles. The van der Waals surface area contributed by atoms with Crippen molar-refractivity contribution < 1.29 is 0 Å². The van der Waals surface area contributed by atoms with Crippen LogP contribution in [0, 0.1) is 0 Å². The Bertz CT molecular complexity index is 170. The first-order chi connectivity index (χ1) is 5.66. The van der Waals surface area contributed by atoms with Gasteiger partial charge in [0.05, 0.1) is 0 Å². The highest BCUT2D eigenvalue weighted by Gasteiger charge is 2.26. The van der Waals surface area contributed by atoms with Gasteiger partial charge in [-0.1, -0.05) is 18.5 Å². The van der Waals surface area contributed by atoms with E-state index in [2.05, 4.69) is 25.9 Å². The van der Waals surface area contributed by atoms with Crippen LogP contribution in [0.3, 0.4) is 0 Å². The van der Waals surface area contributed by atoms with Crippen LogP contribution in [0.4, 0.5) is 0 Å². The van der Waals surface area contributed by atoms with Crippen molar-refractivity contribution in [2.75, 3.05) is 6.54 Å². The molecule has 0 bridgehead atoms. The molecule has 70 valence electrons. The molecule has 1 unspecified atom stereocenters. The van der Waals surface area contributed by atoms with Gasteiger partial charge in [-0.15, -0.1) is 0 Å². The van der Waals surface area contributed by atoms with Gasteiger partial charge in [0, 0.05) is 12.6 Å².